The van der Waals surface area contributed by atoms with E-state index < -0.39 is 0 Å². The number of hydrogen-bond acceptors (Lipinski definition) is 2. The number of hydrogen-bond donors (Lipinski definition) is 0. The smallest absolute Gasteiger partial charge is 0.168 e. The molecule has 62 valence electrons. The fourth-order valence-corrected chi connectivity index (χ4v) is 1.12. The molecule has 2 rings (SSSR count). The molecule has 2 nitrogen and oxygen atoms in total. The van der Waals surface area contributed by atoms with Gasteiger partial charge in [0.1, 0.15) is 12.4 Å². The van der Waals surface area contributed by atoms with Crippen molar-refractivity contribution in [2.75, 3.05) is 6.61 Å². The zero-order valence-corrected chi connectivity index (χ0v) is 6.91. The second-order valence-electron chi connectivity index (χ2n) is 2.59. The molecule has 1 aliphatic heterocycles. The van der Waals surface area contributed by atoms with Gasteiger partial charge in [0.25, 0.3) is 0 Å². The fourth-order valence-electron chi connectivity index (χ4n) is 1.12. The van der Waals surface area contributed by atoms with Crippen molar-refractivity contribution in [2.45, 2.75) is 6.92 Å². The molecule has 2 heteroatoms. The normalized spacial score (nSPS) is 17.9. The van der Waals surface area contributed by atoms with Crippen molar-refractivity contribution in [1.29, 1.82) is 0 Å². The van der Waals surface area contributed by atoms with E-state index in [1.54, 1.807) is 0 Å². The monoisotopic (exact) mass is 162 g/mol. The molecule has 1 aromatic carbocycles. The van der Waals surface area contributed by atoms with Crippen molar-refractivity contribution in [3.8, 4) is 11.5 Å². The minimum atomic E-state index is 0.535. The Bertz CT molecular complexity index is 315. The van der Waals surface area contributed by atoms with Crippen LogP contribution >= 0.6 is 0 Å². The van der Waals surface area contributed by atoms with Gasteiger partial charge in [0.15, 0.2) is 11.5 Å². The molecule has 0 atom stereocenters. The van der Waals surface area contributed by atoms with E-state index in [9.17, 15) is 0 Å². The standard InChI is InChI=1S/C10H10O2/c1-2-8-7-11-9-5-3-4-6-10(9)12-8/h2-6H,7H2,1H3/b8-2-. The van der Waals surface area contributed by atoms with Crippen LogP contribution in [-0.2, 0) is 0 Å². The summed E-state index contributed by atoms with van der Waals surface area (Å²) in [5.41, 5.74) is 0. The highest BCUT2D eigenvalue weighted by molar-refractivity contribution is 5.42. The van der Waals surface area contributed by atoms with Gasteiger partial charge in [-0.3, -0.25) is 0 Å². The van der Waals surface area contributed by atoms with Gasteiger partial charge in [-0.25, -0.2) is 0 Å². The van der Waals surface area contributed by atoms with Crippen LogP contribution in [0.5, 0.6) is 11.5 Å². The van der Waals surface area contributed by atoms with E-state index in [1.807, 2.05) is 37.3 Å². The number of fused-ring (bicyclic) bond motifs is 1. The first kappa shape index (κ1) is 7.22. The number of allylic oxidation sites excluding steroid dienone is 1. The van der Waals surface area contributed by atoms with E-state index in [0.29, 0.717) is 6.61 Å². The van der Waals surface area contributed by atoms with Crippen molar-refractivity contribution in [3.63, 3.8) is 0 Å². The van der Waals surface area contributed by atoms with Gasteiger partial charge in [-0.05, 0) is 25.1 Å². The lowest BCUT2D eigenvalue weighted by Gasteiger charge is -2.19. The third-order valence-electron chi connectivity index (χ3n) is 1.78. The molecule has 0 aliphatic carbocycles. The molecule has 0 saturated heterocycles. The molecule has 1 aliphatic rings. The van der Waals surface area contributed by atoms with Crippen molar-refractivity contribution in [1.82, 2.24) is 0 Å². The van der Waals surface area contributed by atoms with Crippen molar-refractivity contribution in [2.24, 2.45) is 0 Å². The second-order valence-corrected chi connectivity index (χ2v) is 2.59. The third kappa shape index (κ3) is 1.16. The van der Waals surface area contributed by atoms with Crippen LogP contribution in [-0.4, -0.2) is 6.61 Å². The summed E-state index contributed by atoms with van der Waals surface area (Å²) in [6, 6.07) is 7.67. The van der Waals surface area contributed by atoms with Crippen LogP contribution in [0.1, 0.15) is 6.92 Å². The van der Waals surface area contributed by atoms with Crippen molar-refractivity contribution in [3.05, 3.63) is 36.1 Å². The third-order valence-corrected chi connectivity index (χ3v) is 1.78. The predicted octanol–water partition coefficient (Wildman–Crippen LogP) is 2.36. The number of benzene rings is 1. The zero-order chi connectivity index (χ0) is 8.39. The molecule has 0 saturated carbocycles. The molecule has 0 unspecified atom stereocenters. The van der Waals surface area contributed by atoms with Crippen LogP contribution < -0.4 is 9.47 Å². The van der Waals surface area contributed by atoms with Crippen LogP contribution in [0.25, 0.3) is 0 Å². The van der Waals surface area contributed by atoms with Gasteiger partial charge in [-0.2, -0.15) is 0 Å². The molecule has 0 amide bonds. The van der Waals surface area contributed by atoms with Crippen molar-refractivity contribution < 1.29 is 9.47 Å². The molecule has 0 radical (unpaired) electrons. The molecule has 0 aromatic heterocycles. The first-order chi connectivity index (χ1) is 5.90. The van der Waals surface area contributed by atoms with Gasteiger partial charge in [0.2, 0.25) is 0 Å². The van der Waals surface area contributed by atoms with Crippen LogP contribution in [0.15, 0.2) is 36.1 Å². The summed E-state index contributed by atoms with van der Waals surface area (Å²) in [6.45, 7) is 2.47. The number of para-hydroxylation sites is 2. The van der Waals surface area contributed by atoms with E-state index in [1.165, 1.54) is 0 Å². The lowest BCUT2D eigenvalue weighted by Crippen LogP contribution is -2.13. The summed E-state index contributed by atoms with van der Waals surface area (Å²) in [4.78, 5) is 0. The quantitative estimate of drug-likeness (QED) is 0.583. The highest BCUT2D eigenvalue weighted by Crippen LogP contribution is 2.31. The summed E-state index contributed by atoms with van der Waals surface area (Å²) < 4.78 is 11.0. The van der Waals surface area contributed by atoms with Gasteiger partial charge < -0.3 is 9.47 Å². The van der Waals surface area contributed by atoms with Crippen LogP contribution in [0.4, 0.5) is 0 Å². The average molecular weight is 162 g/mol. The Hall–Kier alpha value is -1.44. The van der Waals surface area contributed by atoms with E-state index in [0.717, 1.165) is 17.3 Å². The molecule has 1 aromatic rings. The van der Waals surface area contributed by atoms with E-state index in [4.69, 9.17) is 9.47 Å². The first-order valence-corrected chi connectivity index (χ1v) is 3.95. The summed E-state index contributed by atoms with van der Waals surface area (Å²) in [6.07, 6.45) is 1.91. The largest absolute Gasteiger partial charge is 0.482 e. The molecular formula is C10H10O2. The average Bonchev–Trinajstić information content (AvgIpc) is 2.17. The lowest BCUT2D eigenvalue weighted by molar-refractivity contribution is 0.231. The van der Waals surface area contributed by atoms with Gasteiger partial charge >= 0.3 is 0 Å². The molecule has 1 heterocycles. The topological polar surface area (TPSA) is 18.5 Å². The Kier molecular flexibility index (Phi) is 1.74. The van der Waals surface area contributed by atoms with Gasteiger partial charge in [0.05, 0.1) is 0 Å². The number of rotatable bonds is 0. The second kappa shape index (κ2) is 2.89. The Morgan fingerprint density at radius 3 is 2.75 bits per heavy atom. The molecular weight excluding hydrogens is 152 g/mol. The number of ether oxygens (including phenoxy) is 2. The zero-order valence-electron chi connectivity index (χ0n) is 6.91. The Balaban J connectivity index is 2.35. The minimum Gasteiger partial charge on any atom is -0.482 e. The first-order valence-electron chi connectivity index (χ1n) is 3.95. The van der Waals surface area contributed by atoms with Crippen molar-refractivity contribution >= 4 is 0 Å². The molecule has 0 spiro atoms. The van der Waals surface area contributed by atoms with Gasteiger partial charge in [-0.1, -0.05) is 12.1 Å². The molecule has 0 fully saturated rings. The molecule has 12 heavy (non-hydrogen) atoms. The Morgan fingerprint density at radius 1 is 1.25 bits per heavy atom. The minimum absolute atomic E-state index is 0.535. The molecule has 0 N–H and O–H groups in total. The maximum atomic E-state index is 5.52. The van der Waals surface area contributed by atoms with Gasteiger partial charge in [-0.15, -0.1) is 0 Å². The summed E-state index contributed by atoms with van der Waals surface area (Å²) >= 11 is 0. The maximum absolute atomic E-state index is 5.52. The Morgan fingerprint density at radius 2 is 2.00 bits per heavy atom. The lowest BCUT2D eigenvalue weighted by atomic mass is 10.3. The SMILES string of the molecule is C/C=C1/COc2ccccc2O1. The van der Waals surface area contributed by atoms with Crippen LogP contribution in [0.3, 0.4) is 0 Å². The highest BCUT2D eigenvalue weighted by atomic mass is 16.6. The molecule has 0 bridgehead atoms. The van der Waals surface area contributed by atoms with E-state index >= 15 is 0 Å². The predicted molar refractivity (Wildman–Crippen MR) is 46.3 cm³/mol. The summed E-state index contributed by atoms with van der Waals surface area (Å²) in [5.74, 6) is 2.49. The van der Waals surface area contributed by atoms with E-state index in [2.05, 4.69) is 0 Å². The Labute approximate surface area is 71.4 Å². The van der Waals surface area contributed by atoms with E-state index in [-0.39, 0.29) is 0 Å². The fraction of sp³-hybridized carbons (Fsp3) is 0.200. The van der Waals surface area contributed by atoms with Gasteiger partial charge in [0, 0.05) is 0 Å². The van der Waals surface area contributed by atoms with Crippen LogP contribution in [0, 0.1) is 0 Å². The maximum Gasteiger partial charge on any atom is 0.168 e. The summed E-state index contributed by atoms with van der Waals surface area (Å²) in [5, 5.41) is 0. The highest BCUT2D eigenvalue weighted by Gasteiger charge is 2.13. The van der Waals surface area contributed by atoms with Crippen LogP contribution in [0.2, 0.25) is 0 Å². The summed E-state index contributed by atoms with van der Waals surface area (Å²) in [7, 11) is 0.